The van der Waals surface area contributed by atoms with Crippen LogP contribution in [0.25, 0.3) is 0 Å². The minimum absolute atomic E-state index is 0.0657. The van der Waals surface area contributed by atoms with Crippen LogP contribution in [0.1, 0.15) is 277 Å². The first kappa shape index (κ1) is 55.4. The molecule has 0 rings (SSSR count). The quantitative estimate of drug-likeness (QED) is 0.0377. The number of hydrogen-bond acceptors (Lipinski definition) is 5. The molecule has 1 unspecified atom stereocenters. The molecule has 0 aromatic heterocycles. The first-order valence-corrected chi connectivity index (χ1v) is 25.4. The Bertz CT molecular complexity index is 867. The molecule has 0 saturated carbocycles. The number of hydrogen-bond donors (Lipinski definition) is 1. The van der Waals surface area contributed by atoms with E-state index in [1.54, 1.807) is 0 Å². The first-order valence-electron chi connectivity index (χ1n) is 25.4. The van der Waals surface area contributed by atoms with Gasteiger partial charge in [0.25, 0.3) is 0 Å². The average molecular weight is 803 g/mol. The van der Waals surface area contributed by atoms with Gasteiger partial charge in [-0.1, -0.05) is 224 Å². The lowest BCUT2D eigenvalue weighted by Gasteiger charge is -2.15. The number of carbonyl (C=O) groups is 2. The highest BCUT2D eigenvalue weighted by Crippen LogP contribution is 2.16. The lowest BCUT2D eigenvalue weighted by molar-refractivity contribution is -0.161. The van der Waals surface area contributed by atoms with Crippen molar-refractivity contribution in [2.24, 2.45) is 0 Å². The molecule has 57 heavy (non-hydrogen) atoms. The lowest BCUT2D eigenvalue weighted by atomic mass is 10.0. The van der Waals surface area contributed by atoms with E-state index in [1.807, 2.05) is 0 Å². The van der Waals surface area contributed by atoms with Crippen LogP contribution < -0.4 is 0 Å². The van der Waals surface area contributed by atoms with Gasteiger partial charge in [0.15, 0.2) is 6.10 Å². The molecule has 0 aromatic rings. The number of allylic oxidation sites excluding steroid dienone is 4. The largest absolute Gasteiger partial charge is 0.462 e. The molecule has 0 fully saturated rings. The molecule has 5 heteroatoms. The van der Waals surface area contributed by atoms with Crippen molar-refractivity contribution in [2.75, 3.05) is 13.2 Å². The molecule has 0 bridgehead atoms. The van der Waals surface area contributed by atoms with Crippen LogP contribution in [0, 0.1) is 0 Å². The minimum atomic E-state index is -0.771. The van der Waals surface area contributed by atoms with Crippen molar-refractivity contribution in [3.8, 4) is 0 Å². The summed E-state index contributed by atoms with van der Waals surface area (Å²) >= 11 is 0. The highest BCUT2D eigenvalue weighted by molar-refractivity contribution is 5.70. The molecule has 0 saturated heterocycles. The second kappa shape index (κ2) is 48.7. The van der Waals surface area contributed by atoms with Gasteiger partial charge in [-0.05, 0) is 64.2 Å². The predicted molar refractivity (Wildman–Crippen MR) is 247 cm³/mol. The summed E-state index contributed by atoms with van der Waals surface area (Å²) in [6.07, 6.45) is 59.9. The van der Waals surface area contributed by atoms with Crippen molar-refractivity contribution in [3.05, 3.63) is 24.3 Å². The second-order valence-corrected chi connectivity index (χ2v) is 17.2. The smallest absolute Gasteiger partial charge is 0.306 e. The summed E-state index contributed by atoms with van der Waals surface area (Å²) in [7, 11) is 0. The minimum Gasteiger partial charge on any atom is -0.462 e. The second-order valence-electron chi connectivity index (χ2n) is 17.2. The summed E-state index contributed by atoms with van der Waals surface area (Å²) < 4.78 is 10.7. The van der Waals surface area contributed by atoms with Crippen molar-refractivity contribution in [3.63, 3.8) is 0 Å². The fourth-order valence-corrected chi connectivity index (χ4v) is 7.61. The van der Waals surface area contributed by atoms with E-state index >= 15 is 0 Å². The van der Waals surface area contributed by atoms with E-state index in [2.05, 4.69) is 38.2 Å². The summed E-state index contributed by atoms with van der Waals surface area (Å²) in [5.41, 5.74) is 0. The molecule has 0 spiro atoms. The van der Waals surface area contributed by atoms with E-state index in [9.17, 15) is 14.7 Å². The molecule has 5 nitrogen and oxygen atoms in total. The van der Waals surface area contributed by atoms with E-state index in [1.165, 1.54) is 205 Å². The highest BCUT2D eigenvalue weighted by atomic mass is 16.6. The van der Waals surface area contributed by atoms with Crippen molar-refractivity contribution >= 4 is 11.9 Å². The van der Waals surface area contributed by atoms with Gasteiger partial charge in [0, 0.05) is 12.8 Å². The Kier molecular flexibility index (Phi) is 47.4. The maximum Gasteiger partial charge on any atom is 0.306 e. The number of aliphatic hydroxyl groups excluding tert-OH is 1. The monoisotopic (exact) mass is 803 g/mol. The fraction of sp³-hybridized carbons (Fsp3) is 0.885. The molecule has 0 aliphatic carbocycles. The Balaban J connectivity index is 3.45. The molecule has 1 N–H and O–H groups in total. The molecule has 0 aliphatic heterocycles. The summed E-state index contributed by atoms with van der Waals surface area (Å²) in [4.78, 5) is 24.4. The van der Waals surface area contributed by atoms with E-state index in [4.69, 9.17) is 9.47 Å². The Labute approximate surface area is 355 Å². The van der Waals surface area contributed by atoms with Gasteiger partial charge in [-0.3, -0.25) is 9.59 Å². The molecule has 0 aromatic carbocycles. The van der Waals surface area contributed by atoms with Crippen molar-refractivity contribution in [2.45, 2.75) is 283 Å². The summed E-state index contributed by atoms with van der Waals surface area (Å²) in [6.45, 7) is 4.16. The van der Waals surface area contributed by atoms with Crippen molar-refractivity contribution in [1.29, 1.82) is 0 Å². The zero-order chi connectivity index (χ0) is 41.4. The van der Waals surface area contributed by atoms with Crippen LogP contribution in [0.4, 0.5) is 0 Å². The number of aliphatic hydroxyl groups is 1. The van der Waals surface area contributed by atoms with Crippen molar-refractivity contribution < 1.29 is 24.2 Å². The molecule has 0 amide bonds. The Hall–Kier alpha value is -1.62. The highest BCUT2D eigenvalue weighted by Gasteiger charge is 2.16. The van der Waals surface area contributed by atoms with Gasteiger partial charge in [0.2, 0.25) is 0 Å². The van der Waals surface area contributed by atoms with Crippen LogP contribution in [-0.2, 0) is 19.1 Å². The molecule has 0 aliphatic rings. The lowest BCUT2D eigenvalue weighted by Crippen LogP contribution is -2.28. The number of carbonyl (C=O) groups excluding carboxylic acids is 2. The van der Waals surface area contributed by atoms with Gasteiger partial charge in [0.05, 0.1) is 6.61 Å². The molecule has 336 valence electrons. The maximum atomic E-state index is 12.3. The van der Waals surface area contributed by atoms with Gasteiger partial charge in [-0.15, -0.1) is 0 Å². The number of ether oxygens (including phenoxy) is 2. The van der Waals surface area contributed by atoms with E-state index in [0.717, 1.165) is 44.9 Å². The standard InChI is InChI=1S/C52H98O5/c1-3-5-7-9-11-13-15-17-19-21-22-23-24-25-26-27-28-29-30-31-33-35-37-39-41-43-45-47-52(55)57-50(48-53)49-56-51(54)46-44-42-40-38-36-34-32-20-18-16-14-12-10-8-6-4-2/h20-22,32,50,53H,3-19,23-31,33-49H2,1-2H3/b22-21-,32-20-. The van der Waals surface area contributed by atoms with Crippen LogP contribution in [0.2, 0.25) is 0 Å². The molecular formula is C52H98O5. The van der Waals surface area contributed by atoms with E-state index < -0.39 is 6.10 Å². The SMILES string of the molecule is CCCCCCCCC/C=C\CCCCCCCC(=O)OCC(CO)OC(=O)CCCCCCCCCCCCCCCCC/C=C\CCCCCCCCCC. The van der Waals surface area contributed by atoms with E-state index in [0.29, 0.717) is 12.8 Å². The van der Waals surface area contributed by atoms with Gasteiger partial charge >= 0.3 is 11.9 Å². The molecule has 0 heterocycles. The zero-order valence-corrected chi connectivity index (χ0v) is 38.4. The van der Waals surface area contributed by atoms with Gasteiger partial charge in [-0.2, -0.15) is 0 Å². The van der Waals surface area contributed by atoms with Crippen LogP contribution in [-0.4, -0.2) is 36.4 Å². The van der Waals surface area contributed by atoms with E-state index in [-0.39, 0.29) is 25.2 Å². The van der Waals surface area contributed by atoms with Gasteiger partial charge < -0.3 is 14.6 Å². The number of esters is 2. The Morgan fingerprint density at radius 3 is 0.947 bits per heavy atom. The molecular weight excluding hydrogens is 705 g/mol. The Morgan fingerprint density at radius 1 is 0.386 bits per heavy atom. The van der Waals surface area contributed by atoms with Gasteiger partial charge in [0.1, 0.15) is 6.61 Å². The normalized spacial score (nSPS) is 12.3. The van der Waals surface area contributed by atoms with Crippen LogP contribution in [0.5, 0.6) is 0 Å². The van der Waals surface area contributed by atoms with Crippen molar-refractivity contribution in [1.82, 2.24) is 0 Å². The summed E-state index contributed by atoms with van der Waals surface area (Å²) in [5, 5.41) is 9.61. The Morgan fingerprint density at radius 2 is 0.649 bits per heavy atom. The molecule has 1 atom stereocenters. The van der Waals surface area contributed by atoms with Crippen LogP contribution in [0.15, 0.2) is 24.3 Å². The third-order valence-corrected chi connectivity index (χ3v) is 11.5. The molecule has 0 radical (unpaired) electrons. The zero-order valence-electron chi connectivity index (χ0n) is 38.4. The average Bonchev–Trinajstić information content (AvgIpc) is 3.21. The summed E-state index contributed by atoms with van der Waals surface area (Å²) in [5.74, 6) is -0.587. The predicted octanol–water partition coefficient (Wildman–Crippen LogP) is 16.6. The summed E-state index contributed by atoms with van der Waals surface area (Å²) in [6, 6.07) is 0. The maximum absolute atomic E-state index is 12.3. The topological polar surface area (TPSA) is 72.8 Å². The fourth-order valence-electron chi connectivity index (χ4n) is 7.61. The number of unbranched alkanes of at least 4 members (excludes halogenated alkanes) is 35. The van der Waals surface area contributed by atoms with Gasteiger partial charge in [-0.25, -0.2) is 0 Å². The third kappa shape index (κ3) is 46.9. The van der Waals surface area contributed by atoms with Crippen LogP contribution >= 0.6 is 0 Å². The first-order chi connectivity index (χ1) is 28.1. The third-order valence-electron chi connectivity index (χ3n) is 11.5. The van der Waals surface area contributed by atoms with Crippen LogP contribution in [0.3, 0.4) is 0 Å². The number of rotatable bonds is 47.